The average molecular weight is 354 g/mol. The molecule has 0 saturated heterocycles. The minimum Gasteiger partial charge on any atom is -0.413 e. The Morgan fingerprint density at radius 1 is 0.885 bits per heavy atom. The van der Waals surface area contributed by atoms with Crippen LogP contribution in [0.3, 0.4) is 0 Å². The molecule has 4 rings (SSSR count). The molecule has 0 fully saturated rings. The molecular weight excluding hydrogens is 340 g/mol. The second-order valence-electron chi connectivity index (χ2n) is 5.29. The molecule has 0 N–H and O–H groups in total. The summed E-state index contributed by atoms with van der Waals surface area (Å²) in [7, 11) is 0. The summed E-state index contributed by atoms with van der Waals surface area (Å²) in [5.74, 6) is -1.15. The summed E-state index contributed by atoms with van der Waals surface area (Å²) < 4.78 is 55.1. The lowest BCUT2D eigenvalue weighted by molar-refractivity contribution is 0.577. The van der Waals surface area contributed by atoms with Gasteiger partial charge in [0.2, 0.25) is 0 Å². The van der Waals surface area contributed by atoms with Gasteiger partial charge in [0.1, 0.15) is 23.0 Å². The Labute approximate surface area is 150 Å². The third kappa shape index (κ3) is 3.16. The molecule has 6 nitrogen and oxygen atoms in total. The average Bonchev–Trinajstić information content (AvgIpc) is 3.18. The number of aromatic nitrogens is 5. The SMILES string of the molecule is [2H]C([2H])([2H])c1cc(-c2cncc(F)c2)cc(-c2nnc(-c3ccc(F)cn3)o2)n1. The Morgan fingerprint density at radius 2 is 1.73 bits per heavy atom. The number of rotatable bonds is 3. The maximum atomic E-state index is 13.6. The first-order valence-corrected chi connectivity index (χ1v) is 7.39. The Bertz CT molecular complexity index is 1180. The molecule has 0 radical (unpaired) electrons. The fourth-order valence-electron chi connectivity index (χ4n) is 2.31. The van der Waals surface area contributed by atoms with E-state index in [1.807, 2.05) is 0 Å². The molecule has 0 amide bonds. The second kappa shape index (κ2) is 6.40. The number of aryl methyl sites for hydroxylation is 1. The van der Waals surface area contributed by atoms with Crippen molar-refractivity contribution < 1.29 is 17.3 Å². The maximum Gasteiger partial charge on any atom is 0.266 e. The van der Waals surface area contributed by atoms with Crippen molar-refractivity contribution in [2.45, 2.75) is 6.85 Å². The van der Waals surface area contributed by atoms with E-state index >= 15 is 0 Å². The predicted molar refractivity (Wildman–Crippen MR) is 88.6 cm³/mol. The summed E-state index contributed by atoms with van der Waals surface area (Å²) in [6.07, 6.45) is 3.44. The van der Waals surface area contributed by atoms with Crippen LogP contribution in [0.15, 0.2) is 53.3 Å². The highest BCUT2D eigenvalue weighted by atomic mass is 19.1. The second-order valence-corrected chi connectivity index (χ2v) is 5.29. The Balaban J connectivity index is 1.81. The van der Waals surface area contributed by atoms with Crippen LogP contribution in [-0.4, -0.2) is 25.1 Å². The molecule has 128 valence electrons. The highest BCUT2D eigenvalue weighted by Crippen LogP contribution is 2.27. The van der Waals surface area contributed by atoms with Gasteiger partial charge >= 0.3 is 0 Å². The number of hydrogen-bond acceptors (Lipinski definition) is 6. The summed E-state index contributed by atoms with van der Waals surface area (Å²) in [5, 5.41) is 7.72. The van der Waals surface area contributed by atoms with Gasteiger partial charge in [-0.25, -0.2) is 18.7 Å². The quantitative estimate of drug-likeness (QED) is 0.556. The highest BCUT2D eigenvalue weighted by molar-refractivity contribution is 5.67. The van der Waals surface area contributed by atoms with E-state index < -0.39 is 18.5 Å². The lowest BCUT2D eigenvalue weighted by Crippen LogP contribution is -1.91. The van der Waals surface area contributed by atoms with E-state index in [1.54, 1.807) is 0 Å². The van der Waals surface area contributed by atoms with Crippen LogP contribution in [0.1, 0.15) is 9.81 Å². The van der Waals surface area contributed by atoms with Gasteiger partial charge in [-0.2, -0.15) is 0 Å². The number of halogens is 2. The standard InChI is InChI=1S/C18H11F2N5O/c1-10-4-11(12-5-14(20)8-21-7-12)6-16(23-10)18-25-24-17(26-18)15-3-2-13(19)9-22-15/h2-9H,1H3/i1D3. The van der Waals surface area contributed by atoms with Gasteiger partial charge in [-0.3, -0.25) is 4.98 Å². The summed E-state index contributed by atoms with van der Waals surface area (Å²) in [6.45, 7) is -2.52. The molecule has 0 aliphatic heterocycles. The van der Waals surface area contributed by atoms with Crippen molar-refractivity contribution in [2.24, 2.45) is 0 Å². The Morgan fingerprint density at radius 3 is 2.46 bits per heavy atom. The van der Waals surface area contributed by atoms with Crippen molar-refractivity contribution in [3.05, 3.63) is 66.3 Å². The fraction of sp³-hybridized carbons (Fsp3) is 0.0556. The van der Waals surface area contributed by atoms with E-state index in [2.05, 4.69) is 25.1 Å². The van der Waals surface area contributed by atoms with E-state index in [4.69, 9.17) is 8.53 Å². The lowest BCUT2D eigenvalue weighted by Gasteiger charge is -2.05. The van der Waals surface area contributed by atoms with Gasteiger partial charge in [0, 0.05) is 21.6 Å². The van der Waals surface area contributed by atoms with Crippen LogP contribution in [0, 0.1) is 18.5 Å². The van der Waals surface area contributed by atoms with Gasteiger partial charge in [0.25, 0.3) is 11.8 Å². The molecule has 4 aromatic heterocycles. The first-order chi connectivity index (χ1) is 13.8. The molecule has 0 aliphatic rings. The summed E-state index contributed by atoms with van der Waals surface area (Å²) >= 11 is 0. The fourth-order valence-corrected chi connectivity index (χ4v) is 2.31. The van der Waals surface area contributed by atoms with E-state index in [0.29, 0.717) is 11.1 Å². The van der Waals surface area contributed by atoms with Crippen LogP contribution in [-0.2, 0) is 0 Å². The van der Waals surface area contributed by atoms with Gasteiger partial charge in [0.05, 0.1) is 12.4 Å². The molecule has 0 spiro atoms. The first kappa shape index (κ1) is 12.8. The van der Waals surface area contributed by atoms with Crippen LogP contribution in [0.2, 0.25) is 0 Å². The first-order valence-electron chi connectivity index (χ1n) is 8.89. The third-order valence-corrected chi connectivity index (χ3v) is 3.45. The van der Waals surface area contributed by atoms with E-state index in [-0.39, 0.29) is 28.9 Å². The highest BCUT2D eigenvalue weighted by Gasteiger charge is 2.14. The molecule has 4 heterocycles. The number of pyridine rings is 3. The van der Waals surface area contributed by atoms with Crippen molar-refractivity contribution in [2.75, 3.05) is 0 Å². The summed E-state index contributed by atoms with van der Waals surface area (Å²) in [6, 6.07) is 6.58. The molecule has 0 aliphatic carbocycles. The zero-order valence-electron chi connectivity index (χ0n) is 16.0. The van der Waals surface area contributed by atoms with Gasteiger partial charge in [-0.1, -0.05) is 0 Å². The maximum absolute atomic E-state index is 13.6. The van der Waals surface area contributed by atoms with Crippen LogP contribution in [0.4, 0.5) is 8.78 Å². The molecule has 0 bridgehead atoms. The van der Waals surface area contributed by atoms with Crippen LogP contribution in [0.5, 0.6) is 0 Å². The summed E-state index contributed by atoms with van der Waals surface area (Å²) in [4.78, 5) is 11.7. The van der Waals surface area contributed by atoms with Gasteiger partial charge < -0.3 is 4.42 Å². The molecule has 0 unspecified atom stereocenters. The summed E-state index contributed by atoms with van der Waals surface area (Å²) in [5.41, 5.74) is 0.825. The Hall–Kier alpha value is -3.55. The van der Waals surface area contributed by atoms with Crippen molar-refractivity contribution in [1.29, 1.82) is 0 Å². The molecule has 0 aromatic carbocycles. The van der Waals surface area contributed by atoms with Crippen LogP contribution in [0.25, 0.3) is 34.3 Å². The van der Waals surface area contributed by atoms with Gasteiger partial charge in [-0.15, -0.1) is 10.2 Å². The molecule has 4 aromatic rings. The van der Waals surface area contributed by atoms with Gasteiger partial charge in [-0.05, 0) is 42.7 Å². The largest absolute Gasteiger partial charge is 0.413 e. The van der Waals surface area contributed by atoms with E-state index in [9.17, 15) is 8.78 Å². The normalized spacial score (nSPS) is 13.1. The minimum absolute atomic E-state index is 0.00931. The van der Waals surface area contributed by atoms with Crippen molar-refractivity contribution in [3.8, 4) is 34.3 Å². The number of hydrogen-bond donors (Lipinski definition) is 0. The lowest BCUT2D eigenvalue weighted by atomic mass is 10.1. The number of nitrogens with zero attached hydrogens (tertiary/aromatic N) is 5. The Kier molecular flexibility index (Phi) is 3.14. The monoisotopic (exact) mass is 354 g/mol. The van der Waals surface area contributed by atoms with Crippen LogP contribution >= 0.6 is 0 Å². The molecular formula is C18H11F2N5O. The van der Waals surface area contributed by atoms with E-state index in [1.165, 1.54) is 36.5 Å². The van der Waals surface area contributed by atoms with Crippen LogP contribution < -0.4 is 0 Å². The molecule has 0 saturated carbocycles. The zero-order chi connectivity index (χ0) is 20.6. The zero-order valence-corrected chi connectivity index (χ0v) is 13.0. The minimum atomic E-state index is -2.52. The third-order valence-electron chi connectivity index (χ3n) is 3.45. The molecule has 8 heteroatoms. The van der Waals surface area contributed by atoms with E-state index in [0.717, 1.165) is 12.4 Å². The van der Waals surface area contributed by atoms with Crippen molar-refractivity contribution >= 4 is 0 Å². The molecule has 0 atom stereocenters. The topological polar surface area (TPSA) is 77.6 Å². The predicted octanol–water partition coefficient (Wildman–Crippen LogP) is 3.84. The smallest absolute Gasteiger partial charge is 0.266 e. The molecule has 26 heavy (non-hydrogen) atoms. The van der Waals surface area contributed by atoms with Crippen molar-refractivity contribution in [3.63, 3.8) is 0 Å². The van der Waals surface area contributed by atoms with Gasteiger partial charge in [0.15, 0.2) is 0 Å². The van der Waals surface area contributed by atoms with Crippen molar-refractivity contribution in [1.82, 2.24) is 25.1 Å².